The molecule has 3 aromatic rings. The predicted molar refractivity (Wildman–Crippen MR) is 112 cm³/mol. The highest BCUT2D eigenvalue weighted by Gasteiger charge is 2.22. The van der Waals surface area contributed by atoms with Gasteiger partial charge in [0.25, 0.3) is 0 Å². The molecular formula is C21H19FN4O2S. The van der Waals surface area contributed by atoms with E-state index in [0.717, 1.165) is 28.9 Å². The van der Waals surface area contributed by atoms with Crippen molar-refractivity contribution in [1.29, 1.82) is 0 Å². The van der Waals surface area contributed by atoms with Crippen molar-refractivity contribution in [3.63, 3.8) is 0 Å². The minimum Gasteiger partial charge on any atom is -0.333 e. The van der Waals surface area contributed by atoms with E-state index in [-0.39, 0.29) is 23.4 Å². The van der Waals surface area contributed by atoms with Gasteiger partial charge in [0, 0.05) is 24.8 Å². The van der Waals surface area contributed by atoms with Crippen LogP contribution in [-0.2, 0) is 16.0 Å². The number of nitrogens with zero attached hydrogens (tertiary/aromatic N) is 2. The van der Waals surface area contributed by atoms with Gasteiger partial charge in [0.15, 0.2) is 5.16 Å². The van der Waals surface area contributed by atoms with Gasteiger partial charge in [-0.1, -0.05) is 11.8 Å². The molecule has 0 saturated carbocycles. The van der Waals surface area contributed by atoms with E-state index in [0.29, 0.717) is 17.4 Å². The zero-order valence-corrected chi connectivity index (χ0v) is 16.6. The highest BCUT2D eigenvalue weighted by molar-refractivity contribution is 7.99. The van der Waals surface area contributed by atoms with Crippen LogP contribution in [0.3, 0.4) is 0 Å². The number of amides is 2. The lowest BCUT2D eigenvalue weighted by Crippen LogP contribution is -2.25. The summed E-state index contributed by atoms with van der Waals surface area (Å²) in [6.45, 7) is 2.23. The number of aromatic nitrogens is 2. The van der Waals surface area contributed by atoms with Crippen LogP contribution in [0.4, 0.5) is 15.8 Å². The molecule has 2 heterocycles. The van der Waals surface area contributed by atoms with E-state index >= 15 is 0 Å². The first kappa shape index (κ1) is 19.2. The summed E-state index contributed by atoms with van der Waals surface area (Å²) in [4.78, 5) is 33.1. The second-order valence-electron chi connectivity index (χ2n) is 6.71. The summed E-state index contributed by atoms with van der Waals surface area (Å²) in [7, 11) is 0. The van der Waals surface area contributed by atoms with Crippen molar-refractivity contribution in [2.24, 2.45) is 0 Å². The third-order valence-electron chi connectivity index (χ3n) is 4.69. The molecule has 0 saturated heterocycles. The number of rotatable bonds is 5. The number of carbonyl (C=O) groups is 2. The zero-order chi connectivity index (χ0) is 20.4. The number of benzene rings is 2. The highest BCUT2D eigenvalue weighted by atomic mass is 32.2. The van der Waals surface area contributed by atoms with Crippen molar-refractivity contribution in [1.82, 2.24) is 9.97 Å². The molecule has 1 aliphatic rings. The fraction of sp³-hybridized carbons (Fsp3) is 0.190. The Hall–Kier alpha value is -3.13. The highest BCUT2D eigenvalue weighted by Crippen LogP contribution is 2.30. The number of fused-ring (bicyclic) bond motifs is 1. The molecule has 0 atom stereocenters. The fourth-order valence-corrected chi connectivity index (χ4v) is 3.94. The van der Waals surface area contributed by atoms with Gasteiger partial charge in [-0.3, -0.25) is 9.59 Å². The molecule has 0 bridgehead atoms. The van der Waals surface area contributed by atoms with E-state index in [9.17, 15) is 14.0 Å². The molecule has 2 aromatic carbocycles. The van der Waals surface area contributed by atoms with Gasteiger partial charge in [0.2, 0.25) is 11.8 Å². The van der Waals surface area contributed by atoms with Gasteiger partial charge in [-0.15, -0.1) is 0 Å². The molecule has 6 nitrogen and oxygen atoms in total. The number of halogens is 1. The van der Waals surface area contributed by atoms with Gasteiger partial charge in [-0.25, -0.2) is 9.37 Å². The summed E-state index contributed by atoms with van der Waals surface area (Å²) in [6.07, 6.45) is 2.45. The molecule has 4 rings (SSSR count). The summed E-state index contributed by atoms with van der Waals surface area (Å²) < 4.78 is 13.0. The Morgan fingerprint density at radius 3 is 2.79 bits per heavy atom. The van der Waals surface area contributed by atoms with Crippen LogP contribution in [-0.4, -0.2) is 34.1 Å². The second kappa shape index (κ2) is 8.08. The molecule has 8 heteroatoms. The topological polar surface area (TPSA) is 78.1 Å². The van der Waals surface area contributed by atoms with Crippen LogP contribution in [0, 0.1) is 5.82 Å². The van der Waals surface area contributed by atoms with Crippen molar-refractivity contribution < 1.29 is 14.0 Å². The van der Waals surface area contributed by atoms with Crippen LogP contribution in [0.1, 0.15) is 12.5 Å². The van der Waals surface area contributed by atoms with E-state index in [1.165, 1.54) is 23.9 Å². The van der Waals surface area contributed by atoms with Gasteiger partial charge in [0.1, 0.15) is 5.82 Å². The molecule has 1 aromatic heterocycles. The molecule has 0 fully saturated rings. The van der Waals surface area contributed by atoms with Crippen LogP contribution in [0.15, 0.2) is 53.8 Å². The number of thioether (sulfide) groups is 1. The molecule has 1 aliphatic heterocycles. The van der Waals surface area contributed by atoms with E-state index in [4.69, 9.17) is 0 Å². The number of aromatic amines is 1. The molecule has 0 spiro atoms. The third-order valence-corrected chi connectivity index (χ3v) is 5.57. The van der Waals surface area contributed by atoms with E-state index in [1.807, 2.05) is 18.2 Å². The molecular weight excluding hydrogens is 391 g/mol. The maximum absolute atomic E-state index is 13.0. The maximum atomic E-state index is 13.0. The molecule has 0 unspecified atom stereocenters. The lowest BCUT2D eigenvalue weighted by molar-refractivity contribution is -0.116. The Labute approximate surface area is 171 Å². The predicted octanol–water partition coefficient (Wildman–Crippen LogP) is 3.86. The summed E-state index contributed by atoms with van der Waals surface area (Å²) >= 11 is 1.29. The number of carbonyl (C=O) groups excluding carboxylic acids is 2. The van der Waals surface area contributed by atoms with E-state index in [1.54, 1.807) is 30.2 Å². The first-order valence-electron chi connectivity index (χ1n) is 9.14. The van der Waals surface area contributed by atoms with E-state index < -0.39 is 0 Å². The Morgan fingerprint density at radius 1 is 1.24 bits per heavy atom. The summed E-state index contributed by atoms with van der Waals surface area (Å²) in [5.74, 6) is -0.209. The Bertz CT molecular complexity index is 1060. The van der Waals surface area contributed by atoms with Crippen LogP contribution in [0.2, 0.25) is 0 Å². The van der Waals surface area contributed by atoms with Gasteiger partial charge in [0.05, 0.1) is 17.6 Å². The molecule has 0 radical (unpaired) electrons. The van der Waals surface area contributed by atoms with Gasteiger partial charge < -0.3 is 15.2 Å². The van der Waals surface area contributed by atoms with Crippen LogP contribution >= 0.6 is 11.8 Å². The SMILES string of the molecule is CC(=O)N1CCc2cc(NC(=O)CSc3ncc(-c4ccc(F)cc4)[nH]3)ccc21. The Morgan fingerprint density at radius 2 is 2.03 bits per heavy atom. The van der Waals surface area contributed by atoms with E-state index in [2.05, 4.69) is 15.3 Å². The number of anilines is 2. The quantitative estimate of drug-likeness (QED) is 0.626. The van der Waals surface area contributed by atoms with Crippen LogP contribution in [0.5, 0.6) is 0 Å². The van der Waals surface area contributed by atoms with Crippen molar-refractivity contribution in [2.75, 3.05) is 22.5 Å². The monoisotopic (exact) mass is 410 g/mol. The summed E-state index contributed by atoms with van der Waals surface area (Å²) in [5.41, 5.74) is 4.27. The maximum Gasteiger partial charge on any atom is 0.234 e. The minimum atomic E-state index is -0.292. The van der Waals surface area contributed by atoms with Crippen molar-refractivity contribution in [3.8, 4) is 11.3 Å². The third kappa shape index (κ3) is 4.32. The van der Waals surface area contributed by atoms with Crippen molar-refractivity contribution in [2.45, 2.75) is 18.5 Å². The first-order valence-corrected chi connectivity index (χ1v) is 10.1. The smallest absolute Gasteiger partial charge is 0.234 e. The second-order valence-corrected chi connectivity index (χ2v) is 7.67. The van der Waals surface area contributed by atoms with Gasteiger partial charge in [-0.05, 0) is 60.0 Å². The Kier molecular flexibility index (Phi) is 5.35. The number of hydrogen-bond donors (Lipinski definition) is 2. The molecule has 148 valence electrons. The van der Waals surface area contributed by atoms with Gasteiger partial charge in [-0.2, -0.15) is 0 Å². The fourth-order valence-electron chi connectivity index (χ4n) is 3.29. The van der Waals surface area contributed by atoms with Gasteiger partial charge >= 0.3 is 0 Å². The van der Waals surface area contributed by atoms with Crippen molar-refractivity contribution in [3.05, 3.63) is 60.0 Å². The number of H-pyrrole nitrogens is 1. The number of hydrogen-bond acceptors (Lipinski definition) is 4. The number of nitrogens with one attached hydrogen (secondary N) is 2. The number of imidazole rings is 1. The lowest BCUT2D eigenvalue weighted by Gasteiger charge is -2.15. The van der Waals surface area contributed by atoms with Crippen molar-refractivity contribution >= 4 is 35.0 Å². The average Bonchev–Trinajstić information content (AvgIpc) is 3.34. The molecule has 2 amide bonds. The molecule has 29 heavy (non-hydrogen) atoms. The first-order chi connectivity index (χ1) is 14.0. The zero-order valence-electron chi connectivity index (χ0n) is 15.7. The van der Waals surface area contributed by atoms with Crippen LogP contribution in [0.25, 0.3) is 11.3 Å². The molecule has 2 N–H and O–H groups in total. The lowest BCUT2D eigenvalue weighted by atomic mass is 10.1. The largest absolute Gasteiger partial charge is 0.333 e. The Balaban J connectivity index is 1.34. The standard InChI is InChI=1S/C21H19FN4O2S/c1-13(27)26-9-8-15-10-17(6-7-19(15)26)24-20(28)12-29-21-23-11-18(25-21)14-2-4-16(22)5-3-14/h2-7,10-11H,8-9,12H2,1H3,(H,23,25)(H,24,28). The average molecular weight is 410 g/mol. The normalized spacial score (nSPS) is 12.7. The molecule has 0 aliphatic carbocycles. The summed E-state index contributed by atoms with van der Waals surface area (Å²) in [5, 5.41) is 3.50. The summed E-state index contributed by atoms with van der Waals surface area (Å²) in [6, 6.07) is 11.7. The van der Waals surface area contributed by atoms with Crippen LogP contribution < -0.4 is 10.2 Å². The minimum absolute atomic E-state index is 0.0235.